The first-order valence-corrected chi connectivity index (χ1v) is 14.8. The number of aryl methyl sites for hydroxylation is 1. The van der Waals surface area contributed by atoms with Gasteiger partial charge >= 0.3 is 122 Å². The Morgan fingerprint density at radius 1 is 0.857 bits per heavy atom. The first kappa shape index (κ1) is 25.5. The predicted octanol–water partition coefficient (Wildman–Crippen LogP) is 8.67. The van der Waals surface area contributed by atoms with Crippen molar-refractivity contribution in [3.8, 4) is 11.1 Å². The fourth-order valence-electron chi connectivity index (χ4n) is 4.06. The van der Waals surface area contributed by atoms with Crippen LogP contribution in [0, 0.1) is 6.07 Å². The van der Waals surface area contributed by atoms with Crippen molar-refractivity contribution in [2.24, 2.45) is 0 Å². The van der Waals surface area contributed by atoms with Crippen molar-refractivity contribution in [2.45, 2.75) is 32.6 Å². The van der Waals surface area contributed by atoms with Gasteiger partial charge in [-0.25, -0.2) is 12.1 Å². The van der Waals surface area contributed by atoms with Crippen LogP contribution in [0.2, 0.25) is 0 Å². The van der Waals surface area contributed by atoms with E-state index in [2.05, 4.69) is 91.9 Å². The van der Waals surface area contributed by atoms with Gasteiger partial charge in [0.15, 0.2) is 0 Å². The Kier molecular flexibility index (Phi) is 9.86. The summed E-state index contributed by atoms with van der Waals surface area (Å²) in [7, 11) is 0. The van der Waals surface area contributed by atoms with Crippen molar-refractivity contribution in [1.82, 2.24) is 0 Å². The molecule has 0 radical (unpaired) electrons. The Morgan fingerprint density at radius 2 is 1.60 bits per heavy atom. The average Bonchev–Trinajstić information content (AvgIpc) is 3.70. The first-order valence-electron chi connectivity index (χ1n) is 12.2. The van der Waals surface area contributed by atoms with Crippen LogP contribution < -0.4 is 0 Å². The molecule has 6 rings (SSSR count). The van der Waals surface area contributed by atoms with E-state index in [1.165, 1.54) is 60.1 Å². The van der Waals surface area contributed by atoms with Gasteiger partial charge in [0.1, 0.15) is 0 Å². The van der Waals surface area contributed by atoms with Gasteiger partial charge in [-0.2, -0.15) is 48.0 Å². The Balaban J connectivity index is 0.000000140. The number of fused-ring (bicyclic) bond motifs is 3. The maximum absolute atomic E-state index is 3.30. The third-order valence-electron chi connectivity index (χ3n) is 5.92. The number of hydrogen-bond acceptors (Lipinski definition) is 1. The van der Waals surface area contributed by atoms with Gasteiger partial charge in [0.05, 0.1) is 0 Å². The molecule has 35 heavy (non-hydrogen) atoms. The van der Waals surface area contributed by atoms with Crippen LogP contribution in [0.4, 0.5) is 0 Å². The van der Waals surface area contributed by atoms with Crippen LogP contribution in [-0.4, -0.2) is 3.26 Å². The van der Waals surface area contributed by atoms with E-state index in [4.69, 9.17) is 0 Å². The van der Waals surface area contributed by atoms with Crippen LogP contribution in [0.3, 0.4) is 0 Å². The summed E-state index contributed by atoms with van der Waals surface area (Å²) in [6, 6.07) is 43.5. The summed E-state index contributed by atoms with van der Waals surface area (Å²) in [6.45, 7) is 2.25. The second-order valence-corrected chi connectivity index (χ2v) is 11.4. The quantitative estimate of drug-likeness (QED) is 0.131. The zero-order valence-electron chi connectivity index (χ0n) is 20.2. The second-order valence-electron chi connectivity index (χ2n) is 8.47. The van der Waals surface area contributed by atoms with Crippen molar-refractivity contribution in [3.63, 3.8) is 0 Å². The van der Waals surface area contributed by atoms with Gasteiger partial charge in [0, 0.05) is 0 Å². The molecule has 0 aliphatic heterocycles. The van der Waals surface area contributed by atoms with E-state index in [1.807, 2.05) is 47.7 Å². The van der Waals surface area contributed by atoms with Gasteiger partial charge in [-0.15, -0.1) is 5.56 Å². The molecule has 4 aromatic carbocycles. The van der Waals surface area contributed by atoms with Gasteiger partial charge in [0.2, 0.25) is 0 Å². The zero-order chi connectivity index (χ0) is 24.3. The van der Waals surface area contributed by atoms with Gasteiger partial charge in [-0.1, -0.05) is 35.4 Å². The molecule has 1 aliphatic carbocycles. The fraction of sp³-hybridized carbons (Fsp3) is 0.152. The average molecular weight is 637 g/mol. The van der Waals surface area contributed by atoms with E-state index in [-0.39, 0.29) is 0 Å². The van der Waals surface area contributed by atoms with Gasteiger partial charge < -0.3 is 0 Å². The maximum Gasteiger partial charge on any atom is -0.0253 e. The van der Waals surface area contributed by atoms with E-state index in [0.717, 1.165) is 30.3 Å². The number of unbranched alkanes of at least 4 members (excludes halogenated alkanes) is 1. The molecule has 0 N–H and O–H groups in total. The summed E-state index contributed by atoms with van der Waals surface area (Å²) in [5.41, 5.74) is 6.90. The first-order chi connectivity index (χ1) is 17.3. The summed E-state index contributed by atoms with van der Waals surface area (Å²) in [6.07, 6.45) is 4.88. The Labute approximate surface area is 228 Å². The van der Waals surface area contributed by atoms with E-state index in [0.29, 0.717) is 0 Å². The topological polar surface area (TPSA) is 0 Å². The van der Waals surface area contributed by atoms with Crippen molar-refractivity contribution in [2.75, 3.05) is 0 Å². The summed E-state index contributed by atoms with van der Waals surface area (Å²) in [5, 5.41) is 0. The number of hydrogen-bond donors (Lipinski definition) is 0. The minimum absolute atomic E-state index is 1.05. The largest absolute Gasteiger partial charge is 0.214 e. The van der Waals surface area contributed by atoms with E-state index < -0.39 is 0 Å². The summed E-state index contributed by atoms with van der Waals surface area (Å²) in [5.74, 6) is 0. The zero-order valence-corrected chi connectivity index (χ0v) is 24.6. The molecule has 0 spiro atoms. The predicted molar refractivity (Wildman–Crippen MR) is 148 cm³/mol. The third-order valence-corrected chi connectivity index (χ3v) is 9.74. The number of rotatable bonds is 5. The molecule has 1 aromatic heterocycles. The standard InChI is InChI=1S/C15H16S.C13H9.C5H5.Hf/c1-2-3-9-14-10-11-15(16-14)12-13-7-5-4-6-8-13;1-3-7-12-10(5-1)9-11-6-2-4-8-13(11)12;1-2-4-5-3-1;/h4-8,10-11H,2-3,9H2,1H3;1-5,7-8H,9H2;1-5H;/q;2*-1;+2. The minimum atomic E-state index is 1.05. The Hall–Kier alpha value is -2.55. The SMILES string of the molecule is CCCCc1ccc([C](=[Hf+2])c2ccccc2)s1.[c-]1cccc2c1Cc1ccccc1-2.c1cc[cH-]c1. The Morgan fingerprint density at radius 3 is 2.34 bits per heavy atom. The van der Waals surface area contributed by atoms with Crippen LogP contribution in [0.1, 0.15) is 46.2 Å². The van der Waals surface area contributed by atoms with Crippen LogP contribution >= 0.6 is 11.3 Å². The van der Waals surface area contributed by atoms with E-state index in [9.17, 15) is 0 Å². The molecule has 172 valence electrons. The Bertz CT molecular complexity index is 1250. The number of benzene rings is 3. The van der Waals surface area contributed by atoms with Gasteiger partial charge in [-0.3, -0.25) is 0 Å². The van der Waals surface area contributed by atoms with Crippen molar-refractivity contribution in [1.29, 1.82) is 0 Å². The molecule has 0 unspecified atom stereocenters. The molecule has 0 bridgehead atoms. The minimum Gasteiger partial charge on any atom is -0.214 e. The fourth-order valence-corrected chi connectivity index (χ4v) is 6.53. The molecular formula is C33H30HfS. The number of thiophene rings is 1. The molecule has 0 nitrogen and oxygen atoms in total. The second kappa shape index (κ2) is 13.5. The molecule has 5 aromatic rings. The monoisotopic (exact) mass is 638 g/mol. The molecule has 0 saturated carbocycles. The van der Waals surface area contributed by atoms with Crippen LogP contribution in [0.25, 0.3) is 11.1 Å². The molecule has 1 aliphatic rings. The molecule has 0 saturated heterocycles. The molecule has 0 fully saturated rings. The smallest absolute Gasteiger partial charge is 0.0253 e. The maximum atomic E-state index is 3.30. The van der Waals surface area contributed by atoms with Crippen LogP contribution in [0.15, 0.2) is 115 Å². The molecule has 1 heterocycles. The van der Waals surface area contributed by atoms with Gasteiger partial charge in [-0.05, 0) is 6.42 Å². The van der Waals surface area contributed by atoms with Gasteiger partial charge in [0.25, 0.3) is 0 Å². The normalized spacial score (nSPS) is 10.8. The summed E-state index contributed by atoms with van der Waals surface area (Å²) < 4.78 is 1.53. The van der Waals surface area contributed by atoms with Crippen LogP contribution in [0.5, 0.6) is 0 Å². The molecule has 2 heteroatoms. The van der Waals surface area contributed by atoms with E-state index >= 15 is 0 Å². The van der Waals surface area contributed by atoms with Crippen LogP contribution in [-0.2, 0) is 36.7 Å². The molecule has 0 atom stereocenters. The van der Waals surface area contributed by atoms with Crippen molar-refractivity contribution in [3.05, 3.63) is 148 Å². The van der Waals surface area contributed by atoms with E-state index in [1.54, 1.807) is 0 Å². The van der Waals surface area contributed by atoms with Crippen molar-refractivity contribution >= 4 is 14.6 Å². The third kappa shape index (κ3) is 7.22. The van der Waals surface area contributed by atoms with Crippen molar-refractivity contribution < 1.29 is 23.9 Å². The summed E-state index contributed by atoms with van der Waals surface area (Å²) in [4.78, 5) is 3.00. The molecular weight excluding hydrogens is 607 g/mol. The summed E-state index contributed by atoms with van der Waals surface area (Å²) >= 11 is 3.08. The molecule has 0 amide bonds.